The Balaban J connectivity index is 1.54. The van der Waals surface area contributed by atoms with E-state index < -0.39 is 5.97 Å². The van der Waals surface area contributed by atoms with Crippen LogP contribution in [0.25, 0.3) is 6.08 Å². The second kappa shape index (κ2) is 10.6. The minimum Gasteiger partial charge on any atom is -0.493 e. The molecule has 8 heteroatoms. The molecule has 0 bridgehead atoms. The minimum atomic E-state index is -0.555. The molecule has 1 aliphatic heterocycles. The average molecular weight is 535 g/mol. The lowest BCUT2D eigenvalue weighted by molar-refractivity contribution is -0.129. The van der Waals surface area contributed by atoms with E-state index in [0.29, 0.717) is 39.4 Å². The van der Waals surface area contributed by atoms with Crippen molar-refractivity contribution in [1.29, 1.82) is 0 Å². The summed E-state index contributed by atoms with van der Waals surface area (Å²) in [4.78, 5) is 28.0. The van der Waals surface area contributed by atoms with Crippen LogP contribution < -0.4 is 14.8 Å². The van der Waals surface area contributed by atoms with Crippen LogP contribution in [0.5, 0.6) is 11.5 Å². The van der Waals surface area contributed by atoms with E-state index in [1.807, 2.05) is 37.3 Å². The lowest BCUT2D eigenvalue weighted by atomic mass is 10.1. The first-order valence-corrected chi connectivity index (χ1v) is 11.6. The number of rotatable bonds is 7. The van der Waals surface area contributed by atoms with Gasteiger partial charge in [-0.1, -0.05) is 29.8 Å². The highest BCUT2D eigenvalue weighted by Gasteiger charge is 2.24. The SMILES string of the molecule is COc1cc(/C=C2\N=C(c3ccc(NC(C)=O)cc3)OC2=O)cc(Br)c1OCc1ccc(C)cc1. The van der Waals surface area contributed by atoms with Crippen molar-refractivity contribution >= 4 is 45.5 Å². The fraction of sp³-hybridized carbons (Fsp3) is 0.148. The fourth-order valence-electron chi connectivity index (χ4n) is 3.39. The first-order valence-electron chi connectivity index (χ1n) is 10.8. The number of nitrogens with one attached hydrogen (secondary N) is 1. The summed E-state index contributed by atoms with van der Waals surface area (Å²) < 4.78 is 17.6. The lowest BCUT2D eigenvalue weighted by Crippen LogP contribution is -2.07. The molecule has 7 nitrogen and oxygen atoms in total. The van der Waals surface area contributed by atoms with Crippen molar-refractivity contribution in [3.63, 3.8) is 0 Å². The zero-order chi connectivity index (χ0) is 24.9. The van der Waals surface area contributed by atoms with E-state index >= 15 is 0 Å². The molecule has 4 rings (SSSR count). The average Bonchev–Trinajstić information content (AvgIpc) is 3.19. The van der Waals surface area contributed by atoms with Gasteiger partial charge in [-0.2, -0.15) is 0 Å². The van der Waals surface area contributed by atoms with E-state index in [4.69, 9.17) is 14.2 Å². The van der Waals surface area contributed by atoms with Gasteiger partial charge in [0.25, 0.3) is 0 Å². The van der Waals surface area contributed by atoms with Gasteiger partial charge in [0.05, 0.1) is 11.6 Å². The highest BCUT2D eigenvalue weighted by Crippen LogP contribution is 2.38. The van der Waals surface area contributed by atoms with E-state index in [2.05, 4.69) is 26.2 Å². The molecule has 3 aromatic carbocycles. The highest BCUT2D eigenvalue weighted by atomic mass is 79.9. The number of ether oxygens (including phenoxy) is 3. The molecule has 178 valence electrons. The van der Waals surface area contributed by atoms with Gasteiger partial charge in [-0.05, 0) is 76.5 Å². The number of amides is 1. The van der Waals surface area contributed by atoms with Crippen molar-refractivity contribution in [3.05, 3.63) is 93.1 Å². The molecule has 0 radical (unpaired) electrons. The third-order valence-electron chi connectivity index (χ3n) is 5.13. The van der Waals surface area contributed by atoms with Crippen LogP contribution in [0.1, 0.15) is 29.2 Å². The van der Waals surface area contributed by atoms with Crippen LogP contribution in [0.2, 0.25) is 0 Å². The Hall–Kier alpha value is -3.91. The summed E-state index contributed by atoms with van der Waals surface area (Å²) in [7, 11) is 1.56. The van der Waals surface area contributed by atoms with Crippen LogP contribution in [-0.4, -0.2) is 24.9 Å². The number of cyclic esters (lactones) is 1. The summed E-state index contributed by atoms with van der Waals surface area (Å²) in [6.45, 7) is 3.86. The Morgan fingerprint density at radius 2 is 1.83 bits per heavy atom. The number of carbonyl (C=O) groups is 2. The standard InChI is InChI=1S/C27H23BrN2O5/c1-16-4-6-18(7-5-16)15-34-25-22(28)12-19(14-24(25)33-3)13-23-27(32)35-26(30-23)20-8-10-21(11-9-20)29-17(2)31/h4-14H,15H2,1-3H3,(H,29,31)/b23-13-. The maximum Gasteiger partial charge on any atom is 0.363 e. The normalized spacial score (nSPS) is 13.9. The number of nitrogens with zero attached hydrogens (tertiary/aromatic N) is 1. The topological polar surface area (TPSA) is 86.2 Å². The van der Waals surface area contributed by atoms with Crippen molar-refractivity contribution in [1.82, 2.24) is 0 Å². The molecule has 3 aromatic rings. The molecule has 1 N–H and O–H groups in total. The van der Waals surface area contributed by atoms with Crippen LogP contribution >= 0.6 is 15.9 Å². The third kappa shape index (κ3) is 5.96. The van der Waals surface area contributed by atoms with Gasteiger partial charge in [-0.25, -0.2) is 9.79 Å². The number of hydrogen-bond acceptors (Lipinski definition) is 6. The predicted octanol–water partition coefficient (Wildman–Crippen LogP) is 5.65. The van der Waals surface area contributed by atoms with E-state index in [-0.39, 0.29) is 17.5 Å². The van der Waals surface area contributed by atoms with Crippen LogP contribution in [0.3, 0.4) is 0 Å². The summed E-state index contributed by atoms with van der Waals surface area (Å²) in [5.41, 5.74) is 4.33. The summed E-state index contributed by atoms with van der Waals surface area (Å²) in [6.07, 6.45) is 1.62. The molecule has 0 atom stereocenters. The van der Waals surface area contributed by atoms with Crippen molar-refractivity contribution in [2.45, 2.75) is 20.5 Å². The molecule has 0 saturated carbocycles. The second-order valence-electron chi connectivity index (χ2n) is 7.90. The first kappa shape index (κ1) is 24.2. The van der Waals surface area contributed by atoms with Gasteiger partial charge >= 0.3 is 5.97 Å². The van der Waals surface area contributed by atoms with Gasteiger partial charge in [0.1, 0.15) is 6.61 Å². The third-order valence-corrected chi connectivity index (χ3v) is 5.72. The number of halogens is 1. The Morgan fingerprint density at radius 3 is 2.49 bits per heavy atom. The number of hydrogen-bond donors (Lipinski definition) is 1. The summed E-state index contributed by atoms with van der Waals surface area (Å²) in [5, 5.41) is 2.69. The van der Waals surface area contributed by atoms with E-state index in [0.717, 1.165) is 5.56 Å². The molecule has 0 unspecified atom stereocenters. The Labute approximate surface area is 211 Å². The molecule has 1 aliphatic rings. The van der Waals surface area contributed by atoms with Crippen LogP contribution in [0, 0.1) is 6.92 Å². The molecule has 0 aliphatic carbocycles. The van der Waals surface area contributed by atoms with Gasteiger partial charge in [0.2, 0.25) is 11.8 Å². The number of carbonyl (C=O) groups excluding carboxylic acids is 2. The first-order chi connectivity index (χ1) is 16.8. The Kier molecular flexibility index (Phi) is 7.31. The summed E-state index contributed by atoms with van der Waals surface area (Å²) >= 11 is 3.54. The summed E-state index contributed by atoms with van der Waals surface area (Å²) in [6, 6.07) is 18.6. The monoisotopic (exact) mass is 534 g/mol. The van der Waals surface area contributed by atoms with E-state index in [9.17, 15) is 9.59 Å². The van der Waals surface area contributed by atoms with Crippen molar-refractivity contribution in [2.75, 3.05) is 12.4 Å². The van der Waals surface area contributed by atoms with E-state index in [1.165, 1.54) is 12.5 Å². The molecule has 0 saturated heterocycles. The number of aryl methyl sites for hydroxylation is 1. The maximum absolute atomic E-state index is 12.4. The summed E-state index contributed by atoms with van der Waals surface area (Å²) in [5.74, 6) is 0.552. The maximum atomic E-state index is 12.4. The minimum absolute atomic E-state index is 0.160. The molecular weight excluding hydrogens is 512 g/mol. The van der Waals surface area contributed by atoms with Crippen molar-refractivity contribution < 1.29 is 23.8 Å². The zero-order valence-electron chi connectivity index (χ0n) is 19.4. The number of anilines is 1. The van der Waals surface area contributed by atoms with Gasteiger partial charge in [-0.15, -0.1) is 0 Å². The largest absolute Gasteiger partial charge is 0.493 e. The molecular formula is C27H23BrN2O5. The molecule has 1 heterocycles. The number of aliphatic imine (C=N–C) groups is 1. The van der Waals surface area contributed by atoms with Gasteiger partial charge in [0.15, 0.2) is 17.2 Å². The van der Waals surface area contributed by atoms with Crippen LogP contribution in [0.4, 0.5) is 5.69 Å². The number of benzene rings is 3. The molecule has 0 aromatic heterocycles. The van der Waals surface area contributed by atoms with Crippen LogP contribution in [-0.2, 0) is 20.9 Å². The van der Waals surface area contributed by atoms with Gasteiger partial charge in [-0.3, -0.25) is 4.79 Å². The van der Waals surface area contributed by atoms with Crippen molar-refractivity contribution in [3.8, 4) is 11.5 Å². The number of methoxy groups -OCH3 is 1. The van der Waals surface area contributed by atoms with Gasteiger partial charge in [0, 0.05) is 18.2 Å². The van der Waals surface area contributed by atoms with E-state index in [1.54, 1.807) is 43.5 Å². The van der Waals surface area contributed by atoms with Crippen LogP contribution in [0.15, 0.2) is 75.8 Å². The predicted molar refractivity (Wildman–Crippen MR) is 138 cm³/mol. The highest BCUT2D eigenvalue weighted by molar-refractivity contribution is 9.10. The Bertz CT molecular complexity index is 1330. The zero-order valence-corrected chi connectivity index (χ0v) is 21.0. The molecule has 0 spiro atoms. The fourth-order valence-corrected chi connectivity index (χ4v) is 3.97. The lowest BCUT2D eigenvalue weighted by Gasteiger charge is -2.14. The second-order valence-corrected chi connectivity index (χ2v) is 8.76. The molecule has 35 heavy (non-hydrogen) atoms. The molecule has 0 fully saturated rings. The Morgan fingerprint density at radius 1 is 1.11 bits per heavy atom. The van der Waals surface area contributed by atoms with Gasteiger partial charge < -0.3 is 19.5 Å². The molecule has 1 amide bonds. The number of esters is 1. The quantitative estimate of drug-likeness (QED) is 0.312. The van der Waals surface area contributed by atoms with Crippen molar-refractivity contribution in [2.24, 2.45) is 4.99 Å². The smallest absolute Gasteiger partial charge is 0.363 e.